The fraction of sp³-hybridized carbons (Fsp3) is 0.462. The summed E-state index contributed by atoms with van der Waals surface area (Å²) in [6.07, 6.45) is 2.55. The van der Waals surface area contributed by atoms with Gasteiger partial charge in [-0.2, -0.15) is 0 Å². The molecule has 2 rings (SSSR count). The normalized spacial score (nSPS) is 12.1. The molecule has 0 heterocycles. The lowest BCUT2D eigenvalue weighted by Crippen LogP contribution is -2.49. The molecule has 204 valence electrons. The minimum Gasteiger partial charge on any atom is -0.497 e. The Morgan fingerprint density at radius 3 is 2.19 bits per heavy atom. The number of nitrogens with one attached hydrogen (secondary N) is 1. The molecule has 0 radical (unpaired) electrons. The van der Waals surface area contributed by atoms with Crippen LogP contribution in [0, 0.1) is 0 Å². The van der Waals surface area contributed by atoms with Crippen LogP contribution < -0.4 is 14.4 Å². The van der Waals surface area contributed by atoms with Crippen LogP contribution >= 0.6 is 23.2 Å². The number of hydrogen-bond acceptors (Lipinski definition) is 5. The second-order valence-electron chi connectivity index (χ2n) is 8.57. The minimum atomic E-state index is -3.59. The molecule has 1 N–H and O–H groups in total. The Kier molecular flexibility index (Phi) is 12.0. The molecule has 2 aromatic carbocycles. The molecule has 0 spiro atoms. The monoisotopic (exact) mass is 571 g/mol. The van der Waals surface area contributed by atoms with Gasteiger partial charge in [0.15, 0.2) is 0 Å². The van der Waals surface area contributed by atoms with Gasteiger partial charge in [0.1, 0.15) is 11.8 Å². The first-order valence-corrected chi connectivity index (χ1v) is 14.8. The van der Waals surface area contributed by atoms with Crippen LogP contribution in [0.1, 0.15) is 45.1 Å². The second kappa shape index (κ2) is 14.4. The molecule has 11 heteroatoms. The van der Waals surface area contributed by atoms with E-state index in [1.165, 1.54) is 16.3 Å². The Balaban J connectivity index is 2.25. The average Bonchev–Trinajstić information content (AvgIpc) is 2.86. The minimum absolute atomic E-state index is 0.0296. The predicted molar refractivity (Wildman–Crippen MR) is 149 cm³/mol. The fourth-order valence-corrected chi connectivity index (χ4v) is 5.37. The van der Waals surface area contributed by atoms with Gasteiger partial charge in [-0.1, -0.05) is 43.1 Å². The summed E-state index contributed by atoms with van der Waals surface area (Å²) in [6.45, 7) is 4.43. The van der Waals surface area contributed by atoms with E-state index in [1.54, 1.807) is 42.5 Å². The largest absolute Gasteiger partial charge is 0.497 e. The summed E-state index contributed by atoms with van der Waals surface area (Å²) in [6, 6.07) is 11.0. The zero-order valence-electron chi connectivity index (χ0n) is 21.7. The molecule has 1 unspecified atom stereocenters. The molecule has 0 aliphatic rings. The first-order valence-electron chi connectivity index (χ1n) is 12.1. The van der Waals surface area contributed by atoms with Crippen LogP contribution in [0.15, 0.2) is 42.5 Å². The van der Waals surface area contributed by atoms with Crippen LogP contribution in [0.3, 0.4) is 0 Å². The van der Waals surface area contributed by atoms with E-state index >= 15 is 0 Å². The molecule has 1 atom stereocenters. The van der Waals surface area contributed by atoms with Gasteiger partial charge in [-0.3, -0.25) is 13.9 Å². The van der Waals surface area contributed by atoms with Crippen molar-refractivity contribution in [3.63, 3.8) is 0 Å². The van der Waals surface area contributed by atoms with E-state index in [2.05, 4.69) is 5.32 Å². The Morgan fingerprint density at radius 2 is 1.68 bits per heavy atom. The van der Waals surface area contributed by atoms with Crippen molar-refractivity contribution in [1.82, 2.24) is 10.2 Å². The Labute approximate surface area is 229 Å². The van der Waals surface area contributed by atoms with Gasteiger partial charge in [0.2, 0.25) is 21.8 Å². The number of nitrogens with zero attached hydrogens (tertiary/aromatic N) is 2. The van der Waals surface area contributed by atoms with Gasteiger partial charge in [-0.15, -0.1) is 0 Å². The lowest BCUT2D eigenvalue weighted by molar-refractivity contribution is -0.141. The maximum atomic E-state index is 13.5. The molecule has 2 amide bonds. The van der Waals surface area contributed by atoms with Crippen LogP contribution in [0.2, 0.25) is 10.0 Å². The highest BCUT2D eigenvalue weighted by Crippen LogP contribution is 2.28. The van der Waals surface area contributed by atoms with Gasteiger partial charge in [0.25, 0.3) is 0 Å². The number of benzene rings is 2. The van der Waals surface area contributed by atoms with Crippen molar-refractivity contribution in [2.24, 2.45) is 0 Å². The fourth-order valence-electron chi connectivity index (χ4n) is 3.89. The summed E-state index contributed by atoms with van der Waals surface area (Å²) >= 11 is 12.7. The topological polar surface area (TPSA) is 96.0 Å². The van der Waals surface area contributed by atoms with Crippen molar-refractivity contribution in [1.29, 1.82) is 0 Å². The third kappa shape index (κ3) is 8.79. The quantitative estimate of drug-likeness (QED) is 0.348. The third-order valence-corrected chi connectivity index (χ3v) is 7.74. The maximum Gasteiger partial charge on any atom is 0.242 e. The van der Waals surface area contributed by atoms with Gasteiger partial charge in [0, 0.05) is 41.7 Å². The molecule has 0 fully saturated rings. The van der Waals surface area contributed by atoms with Gasteiger partial charge >= 0.3 is 0 Å². The number of carbonyl (C=O) groups excluding carboxylic acids is 2. The average molecular weight is 573 g/mol. The number of anilines is 1. The third-order valence-electron chi connectivity index (χ3n) is 5.84. The number of hydrogen-bond donors (Lipinski definition) is 1. The summed E-state index contributed by atoms with van der Waals surface area (Å²) in [4.78, 5) is 27.9. The van der Waals surface area contributed by atoms with Crippen molar-refractivity contribution in [3.8, 4) is 5.75 Å². The summed E-state index contributed by atoms with van der Waals surface area (Å²) < 4.78 is 31.3. The number of halogens is 2. The van der Waals surface area contributed by atoms with Crippen molar-refractivity contribution in [3.05, 3.63) is 58.1 Å². The second-order valence-corrected chi connectivity index (χ2v) is 11.3. The summed E-state index contributed by atoms with van der Waals surface area (Å²) in [5.74, 6) is 0.0581. The molecule has 0 saturated carbocycles. The van der Waals surface area contributed by atoms with Crippen molar-refractivity contribution in [2.75, 3.05) is 30.8 Å². The Morgan fingerprint density at radius 1 is 1.05 bits per heavy atom. The highest BCUT2D eigenvalue weighted by atomic mass is 35.5. The van der Waals surface area contributed by atoms with Gasteiger partial charge < -0.3 is 15.0 Å². The standard InChI is InChI=1S/C26H35Cl2N3O5S/c1-5-16-29-26(33)24(6-2)30(18-21-22(27)9-7-10-23(21)28)25(32)11-8-17-31(37(4,34)35)19-12-14-20(36-3)15-13-19/h7,9-10,12-15,24H,5-6,8,11,16-18H2,1-4H3,(H,29,33). The molecule has 37 heavy (non-hydrogen) atoms. The van der Waals surface area contributed by atoms with Crippen molar-refractivity contribution >= 4 is 50.7 Å². The highest BCUT2D eigenvalue weighted by molar-refractivity contribution is 7.92. The predicted octanol–water partition coefficient (Wildman–Crippen LogP) is 4.88. The lowest BCUT2D eigenvalue weighted by Gasteiger charge is -2.31. The zero-order chi connectivity index (χ0) is 27.6. The molecule has 0 saturated heterocycles. The van der Waals surface area contributed by atoms with Crippen LogP contribution in [0.4, 0.5) is 5.69 Å². The SMILES string of the molecule is CCCNC(=O)C(CC)N(Cc1c(Cl)cccc1Cl)C(=O)CCCN(c1ccc(OC)cc1)S(C)(=O)=O. The maximum absolute atomic E-state index is 13.5. The van der Waals surface area contributed by atoms with E-state index < -0.39 is 16.1 Å². The zero-order valence-corrected chi connectivity index (χ0v) is 24.0. The van der Waals surface area contributed by atoms with Crippen LogP contribution in [-0.4, -0.2) is 57.6 Å². The molecular formula is C26H35Cl2N3O5S. The molecule has 2 aromatic rings. The van der Waals surface area contributed by atoms with Gasteiger partial charge in [0.05, 0.1) is 19.1 Å². The van der Waals surface area contributed by atoms with Crippen LogP contribution in [0.5, 0.6) is 5.75 Å². The number of rotatable bonds is 14. The van der Waals surface area contributed by atoms with Crippen molar-refractivity contribution in [2.45, 2.75) is 52.1 Å². The van der Waals surface area contributed by atoms with E-state index in [-0.39, 0.29) is 37.7 Å². The van der Waals surface area contributed by atoms with E-state index in [0.29, 0.717) is 40.0 Å². The molecule has 8 nitrogen and oxygen atoms in total. The van der Waals surface area contributed by atoms with E-state index in [4.69, 9.17) is 27.9 Å². The van der Waals surface area contributed by atoms with E-state index in [9.17, 15) is 18.0 Å². The summed E-state index contributed by atoms with van der Waals surface area (Å²) in [5.41, 5.74) is 1.03. The molecule has 0 aliphatic carbocycles. The summed E-state index contributed by atoms with van der Waals surface area (Å²) in [7, 11) is -2.06. The number of methoxy groups -OCH3 is 1. The number of sulfonamides is 1. The highest BCUT2D eigenvalue weighted by Gasteiger charge is 2.29. The van der Waals surface area contributed by atoms with Crippen LogP contribution in [-0.2, 0) is 26.2 Å². The van der Waals surface area contributed by atoms with Crippen LogP contribution in [0.25, 0.3) is 0 Å². The van der Waals surface area contributed by atoms with E-state index in [1.807, 2.05) is 13.8 Å². The number of ether oxygens (including phenoxy) is 1. The first kappa shape index (κ1) is 30.7. The molecular weight excluding hydrogens is 537 g/mol. The van der Waals surface area contributed by atoms with Gasteiger partial charge in [-0.25, -0.2) is 8.42 Å². The molecule has 0 aliphatic heterocycles. The lowest BCUT2D eigenvalue weighted by atomic mass is 10.1. The van der Waals surface area contributed by atoms with Crippen molar-refractivity contribution < 1.29 is 22.7 Å². The smallest absolute Gasteiger partial charge is 0.242 e. The number of amides is 2. The number of carbonyl (C=O) groups is 2. The molecule has 0 bridgehead atoms. The first-order chi connectivity index (χ1) is 17.5. The molecule has 0 aromatic heterocycles. The van der Waals surface area contributed by atoms with E-state index in [0.717, 1.165) is 12.7 Å². The Bertz CT molecular complexity index is 1140. The Hall–Kier alpha value is -2.49. The van der Waals surface area contributed by atoms with Gasteiger partial charge in [-0.05, 0) is 55.7 Å². The summed E-state index contributed by atoms with van der Waals surface area (Å²) in [5, 5.41) is 3.66.